The number of benzene rings is 1. The van der Waals surface area contributed by atoms with Crippen LogP contribution in [-0.4, -0.2) is 26.9 Å². The second kappa shape index (κ2) is 3.61. The third kappa shape index (κ3) is 2.38. The first-order valence-corrected chi connectivity index (χ1v) is 6.56. The molecule has 1 aliphatic heterocycles. The predicted molar refractivity (Wildman–Crippen MR) is 57.7 cm³/mol. The summed E-state index contributed by atoms with van der Waals surface area (Å²) in [5.74, 6) is 0.108. The van der Waals surface area contributed by atoms with Crippen LogP contribution in [0.4, 0.5) is 0 Å². The second-order valence-corrected chi connectivity index (χ2v) is 6.01. The molecule has 1 aromatic rings. The first-order chi connectivity index (χ1) is 6.99. The summed E-state index contributed by atoms with van der Waals surface area (Å²) in [5.41, 5.74) is 1.78. The van der Waals surface area contributed by atoms with E-state index < -0.39 is 9.84 Å². The molecule has 0 N–H and O–H groups in total. The van der Waals surface area contributed by atoms with Gasteiger partial charge in [-0.1, -0.05) is 12.1 Å². The molecule has 4 heteroatoms. The van der Waals surface area contributed by atoms with Crippen molar-refractivity contribution in [1.29, 1.82) is 0 Å². The Bertz CT molecular complexity index is 473. The molecule has 0 aliphatic carbocycles. The lowest BCUT2D eigenvalue weighted by atomic mass is 10.2. The maximum atomic E-state index is 12.0. The van der Waals surface area contributed by atoms with Gasteiger partial charge < -0.3 is 4.74 Å². The Morgan fingerprint density at radius 3 is 2.67 bits per heavy atom. The Balaban J connectivity index is 2.38. The molecule has 0 aromatic heterocycles. The standard InChI is InChI=1S/C11H14O3S/c1-8-3-4-9(2)11(5-8)15(12,13)7-10-6-14-10/h3-5,10H,6-7H2,1-2H3/t10-/m1/s1. The molecule has 82 valence electrons. The van der Waals surface area contributed by atoms with Crippen molar-refractivity contribution in [1.82, 2.24) is 0 Å². The Morgan fingerprint density at radius 2 is 2.07 bits per heavy atom. The van der Waals surface area contributed by atoms with Gasteiger partial charge >= 0.3 is 0 Å². The van der Waals surface area contributed by atoms with Crippen molar-refractivity contribution in [3.8, 4) is 0 Å². The fourth-order valence-electron chi connectivity index (χ4n) is 1.54. The molecule has 2 rings (SSSR count). The van der Waals surface area contributed by atoms with Gasteiger partial charge in [-0.05, 0) is 31.0 Å². The zero-order chi connectivity index (χ0) is 11.1. The van der Waals surface area contributed by atoms with Gasteiger partial charge in [-0.25, -0.2) is 8.42 Å². The van der Waals surface area contributed by atoms with E-state index in [1.807, 2.05) is 26.0 Å². The molecule has 1 aromatic carbocycles. The molecular weight excluding hydrogens is 212 g/mol. The van der Waals surface area contributed by atoms with E-state index in [0.29, 0.717) is 11.5 Å². The molecule has 0 amide bonds. The van der Waals surface area contributed by atoms with Crippen molar-refractivity contribution < 1.29 is 13.2 Å². The van der Waals surface area contributed by atoms with E-state index in [1.54, 1.807) is 6.07 Å². The molecule has 1 aliphatic rings. The average Bonchev–Trinajstić information content (AvgIpc) is 2.92. The molecule has 0 spiro atoms. The van der Waals surface area contributed by atoms with Gasteiger partial charge in [0.1, 0.15) is 0 Å². The summed E-state index contributed by atoms with van der Waals surface area (Å²) in [4.78, 5) is 0.443. The molecule has 3 nitrogen and oxygen atoms in total. The van der Waals surface area contributed by atoms with Crippen molar-refractivity contribution in [2.45, 2.75) is 24.8 Å². The van der Waals surface area contributed by atoms with Crippen LogP contribution in [0.3, 0.4) is 0 Å². The molecule has 0 unspecified atom stereocenters. The minimum atomic E-state index is -3.18. The highest BCUT2D eigenvalue weighted by atomic mass is 32.2. The summed E-state index contributed by atoms with van der Waals surface area (Å²) in [6.45, 7) is 4.29. The number of hydrogen-bond donors (Lipinski definition) is 0. The molecule has 0 radical (unpaired) electrons. The fourth-order valence-corrected chi connectivity index (χ4v) is 3.33. The van der Waals surface area contributed by atoms with Crippen molar-refractivity contribution in [2.75, 3.05) is 12.4 Å². The van der Waals surface area contributed by atoms with Crippen LogP contribution in [0, 0.1) is 13.8 Å². The third-order valence-corrected chi connectivity index (χ3v) is 4.41. The second-order valence-electron chi connectivity index (χ2n) is 4.01. The van der Waals surface area contributed by atoms with Crippen LogP contribution in [-0.2, 0) is 14.6 Å². The number of ether oxygens (including phenoxy) is 1. The lowest BCUT2D eigenvalue weighted by Gasteiger charge is -2.07. The number of hydrogen-bond acceptors (Lipinski definition) is 3. The zero-order valence-electron chi connectivity index (χ0n) is 8.86. The molecule has 1 atom stereocenters. The minimum absolute atomic E-state index is 0.0880. The molecule has 1 fully saturated rings. The number of sulfone groups is 1. The van der Waals surface area contributed by atoms with Crippen LogP contribution in [0.5, 0.6) is 0 Å². The predicted octanol–water partition coefficient (Wildman–Crippen LogP) is 1.48. The summed E-state index contributed by atoms with van der Waals surface area (Å²) in [5, 5.41) is 0. The Kier molecular flexibility index (Phi) is 2.56. The molecule has 0 bridgehead atoms. The van der Waals surface area contributed by atoms with Crippen molar-refractivity contribution in [3.63, 3.8) is 0 Å². The minimum Gasteiger partial charge on any atom is -0.372 e. The van der Waals surface area contributed by atoms with Crippen LogP contribution in [0.15, 0.2) is 23.1 Å². The van der Waals surface area contributed by atoms with Gasteiger partial charge in [0.05, 0.1) is 23.4 Å². The molecular formula is C11H14O3S. The van der Waals surface area contributed by atoms with Crippen LogP contribution in [0.2, 0.25) is 0 Å². The summed E-state index contributed by atoms with van der Waals surface area (Å²) in [6.07, 6.45) is -0.0880. The number of rotatable bonds is 3. The highest BCUT2D eigenvalue weighted by Crippen LogP contribution is 2.22. The van der Waals surface area contributed by atoms with Gasteiger partial charge in [0.15, 0.2) is 9.84 Å². The van der Waals surface area contributed by atoms with Crippen LogP contribution in [0.25, 0.3) is 0 Å². The molecule has 15 heavy (non-hydrogen) atoms. The van der Waals surface area contributed by atoms with Crippen LogP contribution in [0.1, 0.15) is 11.1 Å². The SMILES string of the molecule is Cc1ccc(C)c(S(=O)(=O)C[C@H]2CO2)c1. The van der Waals surface area contributed by atoms with Crippen molar-refractivity contribution >= 4 is 9.84 Å². The van der Waals surface area contributed by atoms with Gasteiger partial charge in [0.25, 0.3) is 0 Å². The van der Waals surface area contributed by atoms with Gasteiger partial charge in [-0.15, -0.1) is 0 Å². The quantitative estimate of drug-likeness (QED) is 0.733. The van der Waals surface area contributed by atoms with Gasteiger partial charge in [-0.2, -0.15) is 0 Å². The largest absolute Gasteiger partial charge is 0.372 e. The van der Waals surface area contributed by atoms with Crippen LogP contribution < -0.4 is 0 Å². The van der Waals surface area contributed by atoms with Crippen molar-refractivity contribution in [2.24, 2.45) is 0 Å². The topological polar surface area (TPSA) is 46.7 Å². The van der Waals surface area contributed by atoms with Gasteiger partial charge in [0.2, 0.25) is 0 Å². The average molecular weight is 226 g/mol. The lowest BCUT2D eigenvalue weighted by molar-refractivity contribution is 0.422. The van der Waals surface area contributed by atoms with Crippen molar-refractivity contribution in [3.05, 3.63) is 29.3 Å². The number of aryl methyl sites for hydroxylation is 2. The first-order valence-electron chi connectivity index (χ1n) is 4.91. The zero-order valence-corrected chi connectivity index (χ0v) is 9.67. The maximum absolute atomic E-state index is 12.0. The molecule has 1 heterocycles. The fraction of sp³-hybridized carbons (Fsp3) is 0.455. The highest BCUT2D eigenvalue weighted by molar-refractivity contribution is 7.91. The smallest absolute Gasteiger partial charge is 0.181 e. The van der Waals surface area contributed by atoms with E-state index in [-0.39, 0.29) is 11.9 Å². The highest BCUT2D eigenvalue weighted by Gasteiger charge is 2.30. The van der Waals surface area contributed by atoms with Gasteiger partial charge in [0, 0.05) is 0 Å². The normalized spacial score (nSPS) is 20.3. The van der Waals surface area contributed by atoms with E-state index in [9.17, 15) is 8.42 Å². The van der Waals surface area contributed by atoms with E-state index in [0.717, 1.165) is 11.1 Å². The monoisotopic (exact) mass is 226 g/mol. The lowest BCUT2D eigenvalue weighted by Crippen LogP contribution is -2.13. The Hall–Kier alpha value is -0.870. The Labute approximate surface area is 90.0 Å². The van der Waals surface area contributed by atoms with E-state index in [2.05, 4.69) is 0 Å². The first kappa shape index (κ1) is 10.6. The number of epoxide rings is 1. The van der Waals surface area contributed by atoms with E-state index in [4.69, 9.17) is 4.74 Å². The third-order valence-electron chi connectivity index (χ3n) is 2.49. The molecule has 1 saturated heterocycles. The maximum Gasteiger partial charge on any atom is 0.181 e. The van der Waals surface area contributed by atoms with Crippen LogP contribution >= 0.6 is 0 Å². The Morgan fingerprint density at radius 1 is 1.40 bits per heavy atom. The van der Waals surface area contributed by atoms with Gasteiger partial charge in [-0.3, -0.25) is 0 Å². The summed E-state index contributed by atoms with van der Waals surface area (Å²) >= 11 is 0. The summed E-state index contributed by atoms with van der Waals surface area (Å²) < 4.78 is 28.9. The van der Waals surface area contributed by atoms with E-state index >= 15 is 0 Å². The summed E-state index contributed by atoms with van der Waals surface area (Å²) in [7, 11) is -3.18. The summed E-state index contributed by atoms with van der Waals surface area (Å²) in [6, 6.07) is 5.49. The molecule has 0 saturated carbocycles. The van der Waals surface area contributed by atoms with E-state index in [1.165, 1.54) is 0 Å².